The SMILES string of the molecule is Fc1cc(Cl)cnc1NCCC1CCCNC1. The van der Waals surface area contributed by atoms with E-state index in [0.717, 1.165) is 26.1 Å². The van der Waals surface area contributed by atoms with Crippen molar-refractivity contribution in [3.05, 3.63) is 23.1 Å². The zero-order chi connectivity index (χ0) is 12.1. The van der Waals surface area contributed by atoms with Crippen LogP contribution in [-0.4, -0.2) is 24.6 Å². The summed E-state index contributed by atoms with van der Waals surface area (Å²) in [6, 6.07) is 1.28. The van der Waals surface area contributed by atoms with E-state index < -0.39 is 0 Å². The fraction of sp³-hybridized carbons (Fsp3) is 0.583. The highest BCUT2D eigenvalue weighted by molar-refractivity contribution is 6.30. The molecule has 1 aliphatic rings. The van der Waals surface area contributed by atoms with E-state index in [4.69, 9.17) is 11.6 Å². The highest BCUT2D eigenvalue weighted by atomic mass is 35.5. The Hall–Kier alpha value is -0.870. The van der Waals surface area contributed by atoms with Crippen LogP contribution < -0.4 is 10.6 Å². The third-order valence-corrected chi connectivity index (χ3v) is 3.26. The molecule has 2 N–H and O–H groups in total. The van der Waals surface area contributed by atoms with Gasteiger partial charge in [-0.1, -0.05) is 11.6 Å². The van der Waals surface area contributed by atoms with Crippen LogP contribution in [0.4, 0.5) is 10.2 Å². The van der Waals surface area contributed by atoms with E-state index >= 15 is 0 Å². The van der Waals surface area contributed by atoms with Crippen LogP contribution in [0.25, 0.3) is 0 Å². The number of nitrogens with one attached hydrogen (secondary N) is 2. The smallest absolute Gasteiger partial charge is 0.166 e. The van der Waals surface area contributed by atoms with Crippen molar-refractivity contribution in [2.24, 2.45) is 5.92 Å². The molecule has 3 nitrogen and oxygen atoms in total. The lowest BCUT2D eigenvalue weighted by Crippen LogP contribution is -2.30. The Labute approximate surface area is 106 Å². The summed E-state index contributed by atoms with van der Waals surface area (Å²) in [5.41, 5.74) is 0. The average Bonchev–Trinajstić information content (AvgIpc) is 2.33. The van der Waals surface area contributed by atoms with Crippen LogP contribution in [0.5, 0.6) is 0 Å². The molecule has 94 valence electrons. The highest BCUT2D eigenvalue weighted by Gasteiger charge is 2.12. The van der Waals surface area contributed by atoms with Gasteiger partial charge in [-0.2, -0.15) is 0 Å². The van der Waals surface area contributed by atoms with E-state index in [1.807, 2.05) is 0 Å². The molecule has 0 aromatic carbocycles. The van der Waals surface area contributed by atoms with E-state index in [9.17, 15) is 4.39 Å². The molecule has 1 atom stereocenters. The minimum Gasteiger partial charge on any atom is -0.368 e. The van der Waals surface area contributed by atoms with Crippen LogP contribution in [0.3, 0.4) is 0 Å². The van der Waals surface area contributed by atoms with Crippen LogP contribution in [0, 0.1) is 11.7 Å². The topological polar surface area (TPSA) is 37.0 Å². The minimum absolute atomic E-state index is 0.290. The van der Waals surface area contributed by atoms with Crippen molar-refractivity contribution >= 4 is 17.4 Å². The van der Waals surface area contributed by atoms with Gasteiger partial charge in [-0.3, -0.25) is 0 Å². The van der Waals surface area contributed by atoms with E-state index in [1.165, 1.54) is 25.1 Å². The summed E-state index contributed by atoms with van der Waals surface area (Å²) < 4.78 is 13.4. The summed E-state index contributed by atoms with van der Waals surface area (Å²) in [7, 11) is 0. The lowest BCUT2D eigenvalue weighted by atomic mass is 9.96. The molecule has 1 saturated heterocycles. The summed E-state index contributed by atoms with van der Waals surface area (Å²) in [6.45, 7) is 2.94. The second-order valence-electron chi connectivity index (χ2n) is 4.41. The van der Waals surface area contributed by atoms with E-state index in [2.05, 4.69) is 15.6 Å². The second-order valence-corrected chi connectivity index (χ2v) is 4.85. The fourth-order valence-electron chi connectivity index (χ4n) is 2.11. The standard InChI is InChI=1S/C12H17ClFN3/c13-10-6-11(14)12(17-8-10)16-5-3-9-2-1-4-15-7-9/h6,8-9,15H,1-5,7H2,(H,16,17). The molecular weight excluding hydrogens is 241 g/mol. The van der Waals surface area contributed by atoms with Crippen molar-refractivity contribution in [3.63, 3.8) is 0 Å². The maximum absolute atomic E-state index is 13.4. The number of anilines is 1. The molecule has 1 unspecified atom stereocenters. The van der Waals surface area contributed by atoms with Gasteiger partial charge in [0.1, 0.15) is 0 Å². The summed E-state index contributed by atoms with van der Waals surface area (Å²) >= 11 is 5.63. The van der Waals surface area contributed by atoms with E-state index in [-0.39, 0.29) is 11.6 Å². The maximum Gasteiger partial charge on any atom is 0.166 e. The van der Waals surface area contributed by atoms with Gasteiger partial charge >= 0.3 is 0 Å². The van der Waals surface area contributed by atoms with Gasteiger partial charge in [0.15, 0.2) is 11.6 Å². The molecular formula is C12H17ClFN3. The van der Waals surface area contributed by atoms with Gasteiger partial charge in [-0.05, 0) is 44.3 Å². The average molecular weight is 258 g/mol. The molecule has 1 aromatic rings. The molecule has 0 amide bonds. The van der Waals surface area contributed by atoms with Gasteiger partial charge in [0.2, 0.25) is 0 Å². The van der Waals surface area contributed by atoms with Crippen molar-refractivity contribution in [2.45, 2.75) is 19.3 Å². The minimum atomic E-state index is -0.390. The van der Waals surface area contributed by atoms with Gasteiger partial charge in [0, 0.05) is 12.7 Å². The number of piperidine rings is 1. The van der Waals surface area contributed by atoms with E-state index in [0.29, 0.717) is 10.9 Å². The predicted octanol–water partition coefficient (Wildman–Crippen LogP) is 2.68. The maximum atomic E-state index is 13.4. The molecule has 1 fully saturated rings. The Bertz CT molecular complexity index is 367. The lowest BCUT2D eigenvalue weighted by molar-refractivity contribution is 0.364. The number of halogens is 2. The Morgan fingerprint density at radius 2 is 2.47 bits per heavy atom. The molecule has 1 aliphatic heterocycles. The molecule has 5 heteroatoms. The molecule has 2 heterocycles. The van der Waals surface area contributed by atoms with Crippen molar-refractivity contribution in [3.8, 4) is 0 Å². The molecule has 0 saturated carbocycles. The van der Waals surface area contributed by atoms with Crippen LogP contribution in [0.1, 0.15) is 19.3 Å². The van der Waals surface area contributed by atoms with Crippen molar-refractivity contribution in [1.29, 1.82) is 0 Å². The molecule has 2 rings (SSSR count). The molecule has 0 radical (unpaired) electrons. The van der Waals surface area contributed by atoms with Gasteiger partial charge in [-0.15, -0.1) is 0 Å². The third kappa shape index (κ3) is 3.82. The van der Waals surface area contributed by atoms with Gasteiger partial charge in [0.25, 0.3) is 0 Å². The zero-order valence-electron chi connectivity index (χ0n) is 9.68. The quantitative estimate of drug-likeness (QED) is 0.871. The van der Waals surface area contributed by atoms with Crippen molar-refractivity contribution < 1.29 is 4.39 Å². The normalized spacial score (nSPS) is 20.2. The number of aromatic nitrogens is 1. The van der Waals surface area contributed by atoms with Crippen LogP contribution in [0.15, 0.2) is 12.3 Å². The van der Waals surface area contributed by atoms with Crippen LogP contribution >= 0.6 is 11.6 Å². The third-order valence-electron chi connectivity index (χ3n) is 3.05. The molecule has 0 bridgehead atoms. The lowest BCUT2D eigenvalue weighted by Gasteiger charge is -2.22. The summed E-state index contributed by atoms with van der Waals surface area (Å²) in [5.74, 6) is 0.587. The Morgan fingerprint density at radius 3 is 3.18 bits per heavy atom. The number of hydrogen-bond acceptors (Lipinski definition) is 3. The number of rotatable bonds is 4. The molecule has 0 spiro atoms. The predicted molar refractivity (Wildman–Crippen MR) is 67.9 cm³/mol. The molecule has 1 aromatic heterocycles. The van der Waals surface area contributed by atoms with Crippen molar-refractivity contribution in [2.75, 3.05) is 25.0 Å². The molecule has 17 heavy (non-hydrogen) atoms. The number of nitrogens with zero attached hydrogens (tertiary/aromatic N) is 1. The summed E-state index contributed by atoms with van der Waals surface area (Å²) in [6.07, 6.45) is 4.98. The highest BCUT2D eigenvalue weighted by Crippen LogP contribution is 2.17. The first-order chi connectivity index (χ1) is 8.25. The summed E-state index contributed by atoms with van der Waals surface area (Å²) in [5, 5.41) is 6.71. The van der Waals surface area contributed by atoms with Gasteiger partial charge in [-0.25, -0.2) is 9.37 Å². The Balaban J connectivity index is 1.77. The van der Waals surface area contributed by atoms with Crippen molar-refractivity contribution in [1.82, 2.24) is 10.3 Å². The second kappa shape index (κ2) is 6.17. The largest absolute Gasteiger partial charge is 0.368 e. The van der Waals surface area contributed by atoms with Gasteiger partial charge < -0.3 is 10.6 Å². The van der Waals surface area contributed by atoms with Crippen LogP contribution in [0.2, 0.25) is 5.02 Å². The zero-order valence-corrected chi connectivity index (χ0v) is 10.4. The number of hydrogen-bond donors (Lipinski definition) is 2. The Morgan fingerprint density at radius 1 is 1.59 bits per heavy atom. The van der Waals surface area contributed by atoms with Gasteiger partial charge in [0.05, 0.1) is 5.02 Å². The molecule has 0 aliphatic carbocycles. The number of pyridine rings is 1. The monoisotopic (exact) mass is 257 g/mol. The first-order valence-electron chi connectivity index (χ1n) is 6.01. The Kier molecular flexibility index (Phi) is 4.57. The first kappa shape index (κ1) is 12.6. The first-order valence-corrected chi connectivity index (χ1v) is 6.39. The van der Waals surface area contributed by atoms with E-state index in [1.54, 1.807) is 0 Å². The fourth-order valence-corrected chi connectivity index (χ4v) is 2.25. The van der Waals surface area contributed by atoms with Crippen LogP contribution in [-0.2, 0) is 0 Å². The summed E-state index contributed by atoms with van der Waals surface area (Å²) in [4.78, 5) is 3.93.